The van der Waals surface area contributed by atoms with Crippen LogP contribution in [0.5, 0.6) is 0 Å². The molecule has 17 heavy (non-hydrogen) atoms. The maximum Gasteiger partial charge on any atom is 0.0664 e. The molecule has 0 fully saturated rings. The minimum Gasteiger partial charge on any atom is -0.383 e. The summed E-state index contributed by atoms with van der Waals surface area (Å²) in [6.45, 7) is 5.68. The lowest BCUT2D eigenvalue weighted by molar-refractivity contribution is 0.182. The van der Waals surface area contributed by atoms with Gasteiger partial charge in [0.05, 0.1) is 6.61 Å². The monoisotopic (exact) mass is 236 g/mol. The molecule has 3 N–H and O–H groups in total. The van der Waals surface area contributed by atoms with Crippen LogP contribution in [0, 0.1) is 13.8 Å². The van der Waals surface area contributed by atoms with Gasteiger partial charge in [-0.15, -0.1) is 0 Å². The number of hydrogen-bond donors (Lipinski definition) is 2. The zero-order valence-electron chi connectivity index (χ0n) is 11.1. The van der Waals surface area contributed by atoms with Crippen LogP contribution in [0.25, 0.3) is 0 Å². The topological polar surface area (TPSA) is 47.3 Å². The molecule has 3 heteroatoms. The van der Waals surface area contributed by atoms with E-state index >= 15 is 0 Å². The van der Waals surface area contributed by atoms with Crippen LogP contribution in [0.3, 0.4) is 0 Å². The number of methoxy groups -OCH3 is 1. The lowest BCUT2D eigenvalue weighted by Crippen LogP contribution is -2.25. The number of anilines is 1. The summed E-state index contributed by atoms with van der Waals surface area (Å²) < 4.78 is 5.23. The number of ether oxygens (including phenoxy) is 1. The lowest BCUT2D eigenvalue weighted by Gasteiger charge is -2.19. The molecule has 0 amide bonds. The Kier molecular flexibility index (Phi) is 6.01. The normalized spacial score (nSPS) is 12.5. The molecule has 0 aliphatic heterocycles. The van der Waals surface area contributed by atoms with Gasteiger partial charge in [0.1, 0.15) is 0 Å². The van der Waals surface area contributed by atoms with E-state index in [4.69, 9.17) is 10.5 Å². The van der Waals surface area contributed by atoms with E-state index in [9.17, 15) is 0 Å². The number of nitrogens with two attached hydrogens (primary N) is 1. The first-order valence-electron chi connectivity index (χ1n) is 6.19. The van der Waals surface area contributed by atoms with Gasteiger partial charge < -0.3 is 15.8 Å². The Bertz CT molecular complexity index is 319. The average molecular weight is 236 g/mol. The molecule has 0 saturated carbocycles. The van der Waals surface area contributed by atoms with Gasteiger partial charge in [-0.1, -0.05) is 6.07 Å². The minimum atomic E-state index is 0.338. The number of rotatable bonds is 7. The van der Waals surface area contributed by atoms with Crippen LogP contribution < -0.4 is 11.1 Å². The van der Waals surface area contributed by atoms with Gasteiger partial charge in [-0.2, -0.15) is 0 Å². The maximum atomic E-state index is 5.55. The van der Waals surface area contributed by atoms with E-state index in [1.54, 1.807) is 7.11 Å². The molecule has 0 spiro atoms. The summed E-state index contributed by atoms with van der Waals surface area (Å²) in [5.74, 6) is 0. The van der Waals surface area contributed by atoms with Crippen LogP contribution in [0.2, 0.25) is 0 Å². The summed E-state index contributed by atoms with van der Waals surface area (Å²) in [6.07, 6.45) is 2.06. The summed E-state index contributed by atoms with van der Waals surface area (Å²) >= 11 is 0. The van der Waals surface area contributed by atoms with Crippen LogP contribution in [-0.2, 0) is 4.74 Å². The van der Waals surface area contributed by atoms with Gasteiger partial charge in [0.15, 0.2) is 0 Å². The fraction of sp³-hybridized carbons (Fsp3) is 0.571. The molecule has 0 heterocycles. The zero-order chi connectivity index (χ0) is 12.7. The standard InChI is InChI=1S/C14H24N2O/c1-11-7-12(2)9-14(8-11)16-13(10-17-3)5-4-6-15/h7-9,13,16H,4-6,10,15H2,1-3H3. The molecule has 1 atom stereocenters. The van der Waals surface area contributed by atoms with Crippen molar-refractivity contribution < 1.29 is 4.74 Å². The molecule has 1 rings (SSSR count). The first-order chi connectivity index (χ1) is 8.15. The molecule has 0 radical (unpaired) electrons. The van der Waals surface area contributed by atoms with Crippen molar-refractivity contribution in [1.29, 1.82) is 0 Å². The summed E-state index contributed by atoms with van der Waals surface area (Å²) in [5, 5.41) is 3.52. The first-order valence-corrected chi connectivity index (χ1v) is 6.19. The summed E-state index contributed by atoms with van der Waals surface area (Å²) in [5.41, 5.74) is 9.27. The third-order valence-electron chi connectivity index (χ3n) is 2.72. The molecule has 0 saturated heterocycles. The Hall–Kier alpha value is -1.06. The summed E-state index contributed by atoms with van der Waals surface area (Å²) in [6, 6.07) is 6.84. The fourth-order valence-electron chi connectivity index (χ4n) is 2.06. The molecular weight excluding hydrogens is 212 g/mol. The van der Waals surface area contributed by atoms with Gasteiger partial charge in [-0.25, -0.2) is 0 Å². The van der Waals surface area contributed by atoms with Crippen molar-refractivity contribution in [3.05, 3.63) is 29.3 Å². The Morgan fingerprint density at radius 2 is 1.88 bits per heavy atom. The van der Waals surface area contributed by atoms with Gasteiger partial charge in [0.2, 0.25) is 0 Å². The Labute approximate surface area is 104 Å². The molecule has 3 nitrogen and oxygen atoms in total. The third kappa shape index (κ3) is 5.20. The van der Waals surface area contributed by atoms with Crippen molar-refractivity contribution in [2.75, 3.05) is 25.6 Å². The van der Waals surface area contributed by atoms with E-state index in [1.807, 2.05) is 0 Å². The highest BCUT2D eigenvalue weighted by Gasteiger charge is 2.08. The van der Waals surface area contributed by atoms with Gasteiger partial charge in [0, 0.05) is 18.8 Å². The van der Waals surface area contributed by atoms with Gasteiger partial charge in [-0.05, 0) is 56.5 Å². The third-order valence-corrected chi connectivity index (χ3v) is 2.72. The lowest BCUT2D eigenvalue weighted by atomic mass is 10.1. The van der Waals surface area contributed by atoms with Crippen LogP contribution in [0.15, 0.2) is 18.2 Å². The zero-order valence-corrected chi connectivity index (χ0v) is 11.1. The summed E-state index contributed by atoms with van der Waals surface area (Å²) in [7, 11) is 1.73. The number of aryl methyl sites for hydroxylation is 2. The summed E-state index contributed by atoms with van der Waals surface area (Å²) in [4.78, 5) is 0. The highest BCUT2D eigenvalue weighted by molar-refractivity contribution is 5.49. The molecule has 0 aliphatic rings. The Morgan fingerprint density at radius 1 is 1.24 bits per heavy atom. The van der Waals surface area contributed by atoms with Crippen molar-refractivity contribution in [1.82, 2.24) is 0 Å². The number of benzene rings is 1. The molecule has 1 aromatic carbocycles. The highest BCUT2D eigenvalue weighted by atomic mass is 16.5. The van der Waals surface area contributed by atoms with Crippen LogP contribution in [-0.4, -0.2) is 26.3 Å². The second kappa shape index (κ2) is 7.30. The van der Waals surface area contributed by atoms with Gasteiger partial charge in [0.25, 0.3) is 0 Å². The molecule has 1 aromatic rings. The van der Waals surface area contributed by atoms with Crippen molar-refractivity contribution in [2.45, 2.75) is 32.7 Å². The minimum absolute atomic E-state index is 0.338. The van der Waals surface area contributed by atoms with E-state index in [1.165, 1.54) is 16.8 Å². The van der Waals surface area contributed by atoms with Crippen LogP contribution in [0.4, 0.5) is 5.69 Å². The predicted molar refractivity (Wildman–Crippen MR) is 73.5 cm³/mol. The fourth-order valence-corrected chi connectivity index (χ4v) is 2.06. The van der Waals surface area contributed by atoms with E-state index in [0.717, 1.165) is 19.4 Å². The van der Waals surface area contributed by atoms with Crippen molar-refractivity contribution >= 4 is 5.69 Å². The van der Waals surface area contributed by atoms with E-state index in [0.29, 0.717) is 12.6 Å². The van der Waals surface area contributed by atoms with Gasteiger partial charge >= 0.3 is 0 Å². The predicted octanol–water partition coefficient (Wildman–Crippen LogP) is 2.47. The van der Waals surface area contributed by atoms with Crippen molar-refractivity contribution in [3.8, 4) is 0 Å². The highest BCUT2D eigenvalue weighted by Crippen LogP contribution is 2.16. The largest absolute Gasteiger partial charge is 0.383 e. The molecular formula is C14H24N2O. The van der Waals surface area contributed by atoms with Crippen LogP contribution >= 0.6 is 0 Å². The molecule has 0 bridgehead atoms. The van der Waals surface area contributed by atoms with Crippen LogP contribution in [0.1, 0.15) is 24.0 Å². The molecule has 0 aliphatic carbocycles. The second-order valence-corrected chi connectivity index (χ2v) is 4.60. The molecule has 0 aromatic heterocycles. The van der Waals surface area contributed by atoms with Crippen molar-refractivity contribution in [3.63, 3.8) is 0 Å². The maximum absolute atomic E-state index is 5.55. The second-order valence-electron chi connectivity index (χ2n) is 4.60. The Morgan fingerprint density at radius 3 is 2.41 bits per heavy atom. The first kappa shape index (κ1) is 14.0. The quantitative estimate of drug-likeness (QED) is 0.764. The van der Waals surface area contributed by atoms with Gasteiger partial charge in [-0.3, -0.25) is 0 Å². The smallest absolute Gasteiger partial charge is 0.0664 e. The average Bonchev–Trinajstić information content (AvgIpc) is 2.24. The number of hydrogen-bond acceptors (Lipinski definition) is 3. The van der Waals surface area contributed by atoms with E-state index < -0.39 is 0 Å². The molecule has 1 unspecified atom stereocenters. The SMILES string of the molecule is COCC(CCCN)Nc1cc(C)cc(C)c1. The number of nitrogens with one attached hydrogen (secondary N) is 1. The Balaban J connectivity index is 2.63. The molecule has 96 valence electrons. The van der Waals surface area contributed by atoms with E-state index in [-0.39, 0.29) is 0 Å². The van der Waals surface area contributed by atoms with E-state index in [2.05, 4.69) is 37.4 Å². The van der Waals surface area contributed by atoms with Crippen molar-refractivity contribution in [2.24, 2.45) is 5.73 Å².